The Morgan fingerprint density at radius 3 is 0.750 bits per heavy atom. The van der Waals surface area contributed by atoms with E-state index in [1.54, 1.807) is 0 Å². The zero-order chi connectivity index (χ0) is 71.2. The van der Waals surface area contributed by atoms with Gasteiger partial charge < -0.3 is 23.8 Å². The van der Waals surface area contributed by atoms with Gasteiger partial charge in [0.05, 0.1) is 50.5 Å². The molecule has 21 rings (SSSR count). The largest absolute Gasteiger partial charge is 0.310 e. The molecule has 4 heterocycles. The van der Waals surface area contributed by atoms with Crippen molar-refractivity contribution in [1.82, 2.24) is 9.13 Å². The average Bonchev–Trinajstić information content (AvgIpc) is 0.743. The van der Waals surface area contributed by atoms with Crippen molar-refractivity contribution in [3.63, 3.8) is 0 Å². The Labute approximate surface area is 628 Å². The monoisotopic (exact) mass is 1370 g/mol. The highest BCUT2D eigenvalue weighted by molar-refractivity contribution is 7.00. The summed E-state index contributed by atoms with van der Waals surface area (Å²) in [5.41, 5.74) is 33.0. The van der Waals surface area contributed by atoms with E-state index < -0.39 is 6.71 Å². The van der Waals surface area contributed by atoms with Gasteiger partial charge in [-0.15, -0.1) is 0 Å². The highest BCUT2D eigenvalue weighted by atomic mass is 15.2. The molecule has 0 spiro atoms. The number of para-hydroxylation sites is 8. The molecule has 6 heteroatoms. The number of hydrogen-bond acceptors (Lipinski definition) is 3. The summed E-state index contributed by atoms with van der Waals surface area (Å²) < 4.78 is 5.09. The molecule has 2 aliphatic heterocycles. The summed E-state index contributed by atoms with van der Waals surface area (Å²) in [7, 11) is 0. The van der Waals surface area contributed by atoms with Crippen molar-refractivity contribution in [2.24, 2.45) is 0 Å². The Morgan fingerprint density at radius 2 is 0.454 bits per heavy atom. The normalized spacial score (nSPS) is 12.2. The zero-order valence-corrected chi connectivity index (χ0v) is 59.1. The fourth-order valence-electron chi connectivity index (χ4n) is 17.7. The number of anilines is 9. The summed E-state index contributed by atoms with van der Waals surface area (Å²) in [6.45, 7) is -0.402. The van der Waals surface area contributed by atoms with E-state index >= 15 is 0 Å². The number of rotatable bonds is 13. The summed E-state index contributed by atoms with van der Waals surface area (Å²) in [6, 6.07) is 154. The lowest BCUT2D eigenvalue weighted by Gasteiger charge is -2.47. The van der Waals surface area contributed by atoms with Gasteiger partial charge >= 0.3 is 0 Å². The first-order chi connectivity index (χ1) is 53.7. The lowest BCUT2D eigenvalue weighted by atomic mass is 9.33. The highest BCUT2D eigenvalue weighted by Crippen LogP contribution is 2.56. The molecule has 0 N–H and O–H groups in total. The molecule has 0 unspecified atom stereocenters. The van der Waals surface area contributed by atoms with E-state index in [2.05, 4.69) is 436 Å². The van der Waals surface area contributed by atoms with Crippen LogP contribution in [0.25, 0.3) is 122 Å². The average molecular weight is 1370 g/mol. The molecule has 0 fully saturated rings. The predicted molar refractivity (Wildman–Crippen MR) is 456 cm³/mol. The minimum absolute atomic E-state index is 0.402. The number of nitrogens with zero attached hydrogens (tertiary/aromatic N) is 5. The van der Waals surface area contributed by atoms with Crippen molar-refractivity contribution < 1.29 is 0 Å². The van der Waals surface area contributed by atoms with Crippen LogP contribution >= 0.6 is 0 Å². The fraction of sp³-hybridized carbons (Fsp3) is 0. The minimum atomic E-state index is -0.402. The number of benzene rings is 17. The van der Waals surface area contributed by atoms with Crippen LogP contribution in [0.5, 0.6) is 0 Å². The first kappa shape index (κ1) is 62.4. The molecule has 0 amide bonds. The Kier molecular flexibility index (Phi) is 15.0. The van der Waals surface area contributed by atoms with Gasteiger partial charge in [0.25, 0.3) is 6.71 Å². The molecule has 17 aromatic carbocycles. The van der Waals surface area contributed by atoms with Gasteiger partial charge in [-0.1, -0.05) is 340 Å². The Hall–Kier alpha value is -14.2. The van der Waals surface area contributed by atoms with Crippen molar-refractivity contribution in [3.05, 3.63) is 413 Å². The molecule has 0 bridgehead atoms. The zero-order valence-electron chi connectivity index (χ0n) is 59.1. The fourth-order valence-corrected chi connectivity index (χ4v) is 17.7. The van der Waals surface area contributed by atoms with Crippen LogP contribution in [0, 0.1) is 0 Å². The Morgan fingerprint density at radius 1 is 0.194 bits per heavy atom. The molecule has 0 radical (unpaired) electrons. The first-order valence-electron chi connectivity index (χ1n) is 37.3. The van der Waals surface area contributed by atoms with Gasteiger partial charge in [-0.3, -0.25) is 0 Å². The van der Waals surface area contributed by atoms with Crippen LogP contribution < -0.4 is 31.1 Å². The molecule has 2 aliphatic rings. The van der Waals surface area contributed by atoms with Crippen molar-refractivity contribution in [2.75, 3.05) is 14.7 Å². The molecule has 0 saturated heterocycles. The molecule has 0 saturated carbocycles. The van der Waals surface area contributed by atoms with Gasteiger partial charge in [-0.2, -0.15) is 0 Å². The van der Waals surface area contributed by atoms with Crippen LogP contribution in [-0.4, -0.2) is 15.8 Å². The van der Waals surface area contributed by atoms with E-state index in [0.717, 1.165) is 151 Å². The van der Waals surface area contributed by atoms with Crippen LogP contribution in [0.2, 0.25) is 0 Å². The Balaban J connectivity index is 1.01. The molecular weight excluding hydrogens is 1310 g/mol. The molecule has 504 valence electrons. The second kappa shape index (κ2) is 25.9. The van der Waals surface area contributed by atoms with Crippen LogP contribution in [0.1, 0.15) is 0 Å². The summed E-state index contributed by atoms with van der Waals surface area (Å²) >= 11 is 0. The van der Waals surface area contributed by atoms with Gasteiger partial charge in [-0.05, 0) is 123 Å². The Bertz CT molecular complexity index is 6040. The van der Waals surface area contributed by atoms with Gasteiger partial charge in [0.2, 0.25) is 0 Å². The molecular formula is C102H68BN5. The maximum atomic E-state index is 2.70. The quantitative estimate of drug-likeness (QED) is 0.107. The highest BCUT2D eigenvalue weighted by Gasteiger charge is 2.47. The third-order valence-electron chi connectivity index (χ3n) is 22.2. The molecule has 108 heavy (non-hydrogen) atoms. The smallest absolute Gasteiger partial charge is 0.252 e. The molecule has 0 aliphatic carbocycles. The second-order valence-corrected chi connectivity index (χ2v) is 28.2. The summed E-state index contributed by atoms with van der Waals surface area (Å²) in [6.07, 6.45) is 0. The standard InChI is InChI=1S/C102H68BN5/c1-9-35-69(36-10-1)78-55-33-56-79(70-37-11-2-12-38-70)101(78)107-96-67-94(105-90-59-29-25-51-82(90)83-52-26-30-60-91(83)105)86(73-43-17-5-18-44-73)65-88(96)103-89-66-87(74-45-19-6-20-46-74)95(106-92-61-31-27-53-84(92)85-54-28-32-62-93(85)106)68-97(89)108(102-80(71-39-13-3-14-40-71)57-34-58-81(102)72-41-15-4-16-42-72)99-64-77(63-98(107)100(99)103)104(75-47-21-7-22-48-75)76-49-23-8-24-50-76/h1-68H. The number of hydrogen-bond donors (Lipinski definition) is 0. The van der Waals surface area contributed by atoms with Crippen LogP contribution in [0.4, 0.5) is 51.2 Å². The maximum absolute atomic E-state index is 2.70. The van der Waals surface area contributed by atoms with E-state index in [-0.39, 0.29) is 0 Å². The van der Waals surface area contributed by atoms with Crippen LogP contribution in [-0.2, 0) is 0 Å². The van der Waals surface area contributed by atoms with Gasteiger partial charge in [0.1, 0.15) is 0 Å². The van der Waals surface area contributed by atoms with E-state index in [0.29, 0.717) is 0 Å². The van der Waals surface area contributed by atoms with E-state index in [9.17, 15) is 0 Å². The van der Waals surface area contributed by atoms with Crippen molar-refractivity contribution in [1.29, 1.82) is 0 Å². The maximum Gasteiger partial charge on any atom is 0.252 e. The first-order valence-corrected chi connectivity index (χ1v) is 37.3. The lowest BCUT2D eigenvalue weighted by molar-refractivity contribution is 1.17. The van der Waals surface area contributed by atoms with Crippen LogP contribution in [0.3, 0.4) is 0 Å². The van der Waals surface area contributed by atoms with Gasteiger partial charge in [-0.25, -0.2) is 0 Å². The third-order valence-corrected chi connectivity index (χ3v) is 22.2. The van der Waals surface area contributed by atoms with E-state index in [1.165, 1.54) is 37.9 Å². The number of fused-ring (bicyclic) bond motifs is 10. The van der Waals surface area contributed by atoms with Crippen LogP contribution in [0.15, 0.2) is 413 Å². The molecule has 2 aromatic heterocycles. The van der Waals surface area contributed by atoms with Gasteiger partial charge in [0.15, 0.2) is 0 Å². The summed E-state index contributed by atoms with van der Waals surface area (Å²) in [5, 5.41) is 4.79. The van der Waals surface area contributed by atoms with Crippen molar-refractivity contribution in [3.8, 4) is 78.1 Å². The third kappa shape index (κ3) is 10.1. The SMILES string of the molecule is c1ccc(-c2cc3c(cc2-n2c4ccccc4c4ccccc42)N(c2c(-c4ccccc4)cccc2-c2ccccc2)c2cc(N(c4ccccc4)c4ccccc4)cc4c2B3c2cc(-c3ccccc3)c(-n3c5ccccc5c5ccccc53)cc2N4c2c(-c3ccccc3)cccc2-c2ccccc2)cc1. The molecule has 0 atom stereocenters. The minimum Gasteiger partial charge on any atom is -0.310 e. The van der Waals surface area contributed by atoms with Gasteiger partial charge in [0, 0.05) is 89.0 Å². The van der Waals surface area contributed by atoms with Crippen molar-refractivity contribution >= 4 is 118 Å². The summed E-state index contributed by atoms with van der Waals surface area (Å²) in [5.74, 6) is 0. The molecule has 19 aromatic rings. The lowest BCUT2D eigenvalue weighted by Crippen LogP contribution is -2.61. The van der Waals surface area contributed by atoms with E-state index in [1.807, 2.05) is 0 Å². The topological polar surface area (TPSA) is 19.6 Å². The van der Waals surface area contributed by atoms with E-state index in [4.69, 9.17) is 0 Å². The number of aromatic nitrogens is 2. The second-order valence-electron chi connectivity index (χ2n) is 28.2. The van der Waals surface area contributed by atoms with Crippen molar-refractivity contribution in [2.45, 2.75) is 0 Å². The predicted octanol–water partition coefficient (Wildman–Crippen LogP) is 25.4. The molecule has 5 nitrogen and oxygen atoms in total. The summed E-state index contributed by atoms with van der Waals surface area (Å²) in [4.78, 5) is 7.88.